The van der Waals surface area contributed by atoms with Crippen molar-refractivity contribution in [2.45, 2.75) is 38.2 Å². The van der Waals surface area contributed by atoms with Crippen LogP contribution in [0.3, 0.4) is 0 Å². The first-order valence-electron chi connectivity index (χ1n) is 7.62. The topological polar surface area (TPSA) is 41.5 Å². The quantitative estimate of drug-likeness (QED) is 0.796. The smallest absolute Gasteiger partial charge is 0.139 e. The summed E-state index contributed by atoms with van der Waals surface area (Å²) < 4.78 is 5.52. The first-order valence-corrected chi connectivity index (χ1v) is 8.37. The first kappa shape index (κ1) is 16.9. The van der Waals surface area contributed by atoms with Gasteiger partial charge in [-0.15, -0.1) is 0 Å². The summed E-state index contributed by atoms with van der Waals surface area (Å²) in [5, 5.41) is 14.3. The SMILES string of the molecule is OC(CNCC1CCCCC1)COc1cc(Cl)ccc1Cl. The van der Waals surface area contributed by atoms with Crippen LogP contribution in [-0.4, -0.2) is 30.9 Å². The van der Waals surface area contributed by atoms with Gasteiger partial charge in [0.1, 0.15) is 18.5 Å². The van der Waals surface area contributed by atoms with Crippen LogP contribution in [0.25, 0.3) is 0 Å². The van der Waals surface area contributed by atoms with E-state index < -0.39 is 6.10 Å². The average molecular weight is 332 g/mol. The van der Waals surface area contributed by atoms with Gasteiger partial charge in [-0.3, -0.25) is 0 Å². The van der Waals surface area contributed by atoms with Crippen LogP contribution >= 0.6 is 23.2 Å². The Hall–Kier alpha value is -0.480. The highest BCUT2D eigenvalue weighted by molar-refractivity contribution is 6.34. The van der Waals surface area contributed by atoms with Crippen molar-refractivity contribution in [2.24, 2.45) is 5.92 Å². The highest BCUT2D eigenvalue weighted by Crippen LogP contribution is 2.27. The van der Waals surface area contributed by atoms with Crippen molar-refractivity contribution in [3.05, 3.63) is 28.2 Å². The van der Waals surface area contributed by atoms with E-state index in [1.54, 1.807) is 18.2 Å². The number of benzene rings is 1. The summed E-state index contributed by atoms with van der Waals surface area (Å²) in [7, 11) is 0. The normalized spacial score (nSPS) is 17.7. The lowest BCUT2D eigenvalue weighted by atomic mass is 9.89. The van der Waals surface area contributed by atoms with E-state index in [0.717, 1.165) is 12.5 Å². The number of aliphatic hydroxyl groups is 1. The minimum absolute atomic E-state index is 0.206. The van der Waals surface area contributed by atoms with E-state index in [0.29, 0.717) is 22.3 Å². The monoisotopic (exact) mass is 331 g/mol. The number of rotatable bonds is 7. The summed E-state index contributed by atoms with van der Waals surface area (Å²) in [5.41, 5.74) is 0. The van der Waals surface area contributed by atoms with Gasteiger partial charge in [-0.25, -0.2) is 0 Å². The van der Waals surface area contributed by atoms with Crippen molar-refractivity contribution in [3.8, 4) is 5.75 Å². The number of aliphatic hydroxyl groups excluding tert-OH is 1. The zero-order valence-corrected chi connectivity index (χ0v) is 13.7. The third-order valence-electron chi connectivity index (χ3n) is 3.86. The predicted molar refractivity (Wildman–Crippen MR) is 87.4 cm³/mol. The molecule has 1 unspecified atom stereocenters. The number of halogens is 2. The molecule has 2 rings (SSSR count). The van der Waals surface area contributed by atoms with Gasteiger partial charge >= 0.3 is 0 Å². The van der Waals surface area contributed by atoms with Crippen LogP contribution in [0.4, 0.5) is 0 Å². The maximum absolute atomic E-state index is 9.94. The van der Waals surface area contributed by atoms with Crippen molar-refractivity contribution >= 4 is 23.2 Å². The van der Waals surface area contributed by atoms with Crippen LogP contribution in [0.1, 0.15) is 32.1 Å². The second-order valence-electron chi connectivity index (χ2n) is 5.70. The van der Waals surface area contributed by atoms with Gasteiger partial charge in [0.05, 0.1) is 5.02 Å². The minimum Gasteiger partial charge on any atom is -0.489 e. The summed E-state index contributed by atoms with van der Waals surface area (Å²) in [5.74, 6) is 1.27. The maximum Gasteiger partial charge on any atom is 0.139 e. The predicted octanol–water partition coefficient (Wildman–Crippen LogP) is 3.90. The molecule has 0 saturated heterocycles. The van der Waals surface area contributed by atoms with Crippen LogP contribution < -0.4 is 10.1 Å². The summed E-state index contributed by atoms with van der Waals surface area (Å²) in [4.78, 5) is 0. The molecule has 0 radical (unpaired) electrons. The van der Waals surface area contributed by atoms with E-state index in [2.05, 4.69) is 5.32 Å². The van der Waals surface area contributed by atoms with Crippen LogP contribution in [0.5, 0.6) is 5.75 Å². The van der Waals surface area contributed by atoms with E-state index in [1.165, 1.54) is 32.1 Å². The van der Waals surface area contributed by atoms with Crippen molar-refractivity contribution < 1.29 is 9.84 Å². The number of hydrogen-bond acceptors (Lipinski definition) is 3. The molecule has 1 aromatic rings. The van der Waals surface area contributed by atoms with Gasteiger partial charge in [-0.2, -0.15) is 0 Å². The minimum atomic E-state index is -0.552. The fraction of sp³-hybridized carbons (Fsp3) is 0.625. The van der Waals surface area contributed by atoms with Gasteiger partial charge in [0, 0.05) is 17.6 Å². The first-order chi connectivity index (χ1) is 10.1. The molecule has 1 saturated carbocycles. The molecular formula is C16H23Cl2NO2. The number of hydrogen-bond donors (Lipinski definition) is 2. The number of nitrogens with one attached hydrogen (secondary N) is 1. The molecule has 1 atom stereocenters. The van der Waals surface area contributed by atoms with Crippen molar-refractivity contribution in [2.75, 3.05) is 19.7 Å². The average Bonchev–Trinajstić information content (AvgIpc) is 2.49. The molecule has 3 nitrogen and oxygen atoms in total. The second-order valence-corrected chi connectivity index (χ2v) is 6.55. The van der Waals surface area contributed by atoms with E-state index in [-0.39, 0.29) is 6.61 Å². The van der Waals surface area contributed by atoms with Crippen molar-refractivity contribution in [1.29, 1.82) is 0 Å². The molecule has 1 aromatic carbocycles. The molecule has 0 bridgehead atoms. The molecule has 0 aromatic heterocycles. The standard InChI is InChI=1S/C16H23Cl2NO2/c17-13-6-7-15(18)16(8-13)21-11-14(20)10-19-9-12-4-2-1-3-5-12/h6-8,12,14,19-20H,1-5,9-11H2. The fourth-order valence-electron chi connectivity index (χ4n) is 2.68. The Bertz CT molecular complexity index is 436. The molecule has 0 amide bonds. The van der Waals surface area contributed by atoms with Crippen molar-refractivity contribution in [1.82, 2.24) is 5.32 Å². The fourth-order valence-corrected chi connectivity index (χ4v) is 3.01. The van der Waals surface area contributed by atoms with Crippen LogP contribution in [0, 0.1) is 5.92 Å². The molecule has 5 heteroatoms. The van der Waals surface area contributed by atoms with E-state index in [4.69, 9.17) is 27.9 Å². The molecule has 1 aliphatic rings. The van der Waals surface area contributed by atoms with Crippen LogP contribution in [0.2, 0.25) is 10.0 Å². The third kappa shape index (κ3) is 6.03. The second kappa shape index (κ2) is 8.84. The van der Waals surface area contributed by atoms with Gasteiger partial charge < -0.3 is 15.2 Å². The van der Waals surface area contributed by atoms with Gasteiger partial charge in [0.2, 0.25) is 0 Å². The Morgan fingerprint density at radius 1 is 1.24 bits per heavy atom. The van der Waals surface area contributed by atoms with Crippen LogP contribution in [0.15, 0.2) is 18.2 Å². The van der Waals surface area contributed by atoms with E-state index in [1.807, 2.05) is 0 Å². The molecule has 1 fully saturated rings. The molecular weight excluding hydrogens is 309 g/mol. The Labute approximate surface area is 136 Å². The third-order valence-corrected chi connectivity index (χ3v) is 4.41. The molecule has 1 aliphatic carbocycles. The molecule has 0 heterocycles. The highest BCUT2D eigenvalue weighted by atomic mass is 35.5. The van der Waals surface area contributed by atoms with Gasteiger partial charge in [-0.05, 0) is 37.4 Å². The maximum atomic E-state index is 9.94. The highest BCUT2D eigenvalue weighted by Gasteiger charge is 2.14. The van der Waals surface area contributed by atoms with E-state index >= 15 is 0 Å². The van der Waals surface area contributed by atoms with Crippen LogP contribution in [-0.2, 0) is 0 Å². The lowest BCUT2D eigenvalue weighted by molar-refractivity contribution is 0.105. The Kier molecular flexibility index (Phi) is 7.11. The summed E-state index contributed by atoms with van der Waals surface area (Å²) >= 11 is 11.9. The largest absolute Gasteiger partial charge is 0.489 e. The van der Waals surface area contributed by atoms with Crippen molar-refractivity contribution in [3.63, 3.8) is 0 Å². The molecule has 0 aliphatic heterocycles. The van der Waals surface area contributed by atoms with E-state index in [9.17, 15) is 5.11 Å². The molecule has 21 heavy (non-hydrogen) atoms. The summed E-state index contributed by atoms with van der Waals surface area (Å²) in [6.45, 7) is 1.72. The summed E-state index contributed by atoms with van der Waals surface area (Å²) in [6, 6.07) is 5.05. The van der Waals surface area contributed by atoms with Gasteiger partial charge in [0.25, 0.3) is 0 Å². The summed E-state index contributed by atoms with van der Waals surface area (Å²) in [6.07, 6.45) is 6.10. The zero-order chi connectivity index (χ0) is 15.1. The lowest BCUT2D eigenvalue weighted by Gasteiger charge is -2.22. The number of ether oxygens (including phenoxy) is 1. The molecule has 0 spiro atoms. The molecule has 2 N–H and O–H groups in total. The van der Waals surface area contributed by atoms with Gasteiger partial charge in [-0.1, -0.05) is 42.5 Å². The Morgan fingerprint density at radius 3 is 2.76 bits per heavy atom. The Balaban J connectivity index is 1.65. The lowest BCUT2D eigenvalue weighted by Crippen LogP contribution is -2.34. The molecule has 118 valence electrons. The van der Waals surface area contributed by atoms with Gasteiger partial charge in [0.15, 0.2) is 0 Å². The zero-order valence-electron chi connectivity index (χ0n) is 12.2. The Morgan fingerprint density at radius 2 is 2.00 bits per heavy atom.